The van der Waals surface area contributed by atoms with Crippen molar-refractivity contribution in [3.8, 4) is 33.8 Å². The molecule has 0 atom stereocenters. The van der Waals surface area contributed by atoms with Crippen molar-refractivity contribution in [2.75, 3.05) is 0 Å². The van der Waals surface area contributed by atoms with Gasteiger partial charge in [0.1, 0.15) is 0 Å². The maximum absolute atomic E-state index is 13.4. The molecule has 0 saturated heterocycles. The van der Waals surface area contributed by atoms with E-state index in [1.54, 1.807) is 0 Å². The van der Waals surface area contributed by atoms with Crippen LogP contribution in [0, 0.1) is 0 Å². The quantitative estimate of drug-likeness (QED) is 0.245. The van der Waals surface area contributed by atoms with Gasteiger partial charge in [-0.2, -0.15) is 0 Å². The first-order chi connectivity index (χ1) is 18.2. The lowest BCUT2D eigenvalue weighted by atomic mass is 9.77. The van der Waals surface area contributed by atoms with Gasteiger partial charge in [-0.1, -0.05) is 107 Å². The number of benzene rings is 4. The smallest absolute Gasteiger partial charge is 0.186 e. The van der Waals surface area contributed by atoms with Crippen LogP contribution in [0.15, 0.2) is 60.7 Å². The second kappa shape index (κ2) is 9.68. The van der Waals surface area contributed by atoms with Crippen LogP contribution >= 0.6 is 0 Å². The maximum atomic E-state index is 13.4. The van der Waals surface area contributed by atoms with Crippen LogP contribution in [-0.4, -0.2) is 0 Å². The summed E-state index contributed by atoms with van der Waals surface area (Å²) in [6.45, 7) is 25.3. The van der Waals surface area contributed by atoms with E-state index in [0.717, 1.165) is 55.3 Å². The Labute approximate surface area is 242 Å². The minimum absolute atomic E-state index is 0.155. The molecule has 40 heavy (non-hydrogen) atoms. The molecule has 0 aliphatic carbocycles. The van der Waals surface area contributed by atoms with Crippen LogP contribution in [0.25, 0.3) is 33.0 Å². The third kappa shape index (κ3) is 5.78. The number of hydrogen-bond donors (Lipinski definition) is 0. The average Bonchev–Trinajstić information content (AvgIpc) is 2.80. The normalized spacial score (nSPS) is 13.2. The molecule has 2 nitrogen and oxygen atoms in total. The lowest BCUT2D eigenvalue weighted by molar-refractivity contribution is 0.326. The summed E-state index contributed by atoms with van der Waals surface area (Å²) in [4.78, 5) is 0. The summed E-state index contributed by atoms with van der Waals surface area (Å²) in [6.07, 6.45) is 0. The Kier molecular flexibility index (Phi) is 7.19. The van der Waals surface area contributed by atoms with Crippen molar-refractivity contribution in [2.45, 2.75) is 105 Å². The fraction of sp³-hybridized carbons (Fsp3) is 0.421. The van der Waals surface area contributed by atoms with E-state index in [-0.39, 0.29) is 33.2 Å². The lowest BCUT2D eigenvalue weighted by Crippen LogP contribution is -2.17. The summed E-state index contributed by atoms with van der Waals surface area (Å²) in [7, 11) is 0. The molecule has 2 radical (unpaired) electrons. The van der Waals surface area contributed by atoms with Gasteiger partial charge >= 0.3 is 0 Å². The van der Waals surface area contributed by atoms with Crippen molar-refractivity contribution in [3.63, 3.8) is 0 Å². The number of hydrogen-bond acceptors (Lipinski definition) is 0. The van der Waals surface area contributed by atoms with Crippen LogP contribution in [0.2, 0.25) is 0 Å². The second-order valence-corrected chi connectivity index (χ2v) is 15.6. The van der Waals surface area contributed by atoms with Gasteiger partial charge in [0.2, 0.25) is 0 Å². The average molecular weight is 535 g/mol. The fourth-order valence-corrected chi connectivity index (χ4v) is 5.42. The van der Waals surface area contributed by atoms with Gasteiger partial charge in [0.15, 0.2) is 11.5 Å². The van der Waals surface area contributed by atoms with E-state index in [1.165, 1.54) is 0 Å². The van der Waals surface area contributed by atoms with Crippen LogP contribution in [0.3, 0.4) is 0 Å². The molecule has 0 fully saturated rings. The molecule has 210 valence electrons. The fourth-order valence-electron chi connectivity index (χ4n) is 5.42. The van der Waals surface area contributed by atoms with Crippen molar-refractivity contribution in [1.82, 2.24) is 0 Å². The summed E-state index contributed by atoms with van der Waals surface area (Å²) in [5.74, 6) is 0.310. The molecule has 0 heterocycles. The molecule has 0 amide bonds. The van der Waals surface area contributed by atoms with Crippen LogP contribution in [-0.2, 0) is 31.9 Å². The third-order valence-electron chi connectivity index (χ3n) is 7.92. The van der Waals surface area contributed by atoms with Crippen molar-refractivity contribution in [3.05, 3.63) is 82.9 Å². The largest absolute Gasteiger partial charge is 0.289 e. The molecule has 4 rings (SSSR count). The topological polar surface area (TPSA) is 39.8 Å². The van der Waals surface area contributed by atoms with Gasteiger partial charge in [0.05, 0.1) is 0 Å². The van der Waals surface area contributed by atoms with E-state index < -0.39 is 0 Å². The second-order valence-electron chi connectivity index (χ2n) is 15.6. The molecular formula is C38H46O2. The van der Waals surface area contributed by atoms with Gasteiger partial charge in [-0.05, 0) is 91.1 Å². The molecular weight excluding hydrogens is 488 g/mol. The van der Waals surface area contributed by atoms with Gasteiger partial charge in [-0.3, -0.25) is 10.2 Å². The van der Waals surface area contributed by atoms with Gasteiger partial charge in [-0.25, -0.2) is 0 Å². The molecule has 0 aromatic heterocycles. The first kappa shape index (κ1) is 29.7. The van der Waals surface area contributed by atoms with Crippen LogP contribution in [0.5, 0.6) is 11.5 Å². The van der Waals surface area contributed by atoms with Crippen molar-refractivity contribution in [1.29, 1.82) is 0 Å². The lowest BCUT2D eigenvalue weighted by Gasteiger charge is -2.27. The molecule has 0 spiro atoms. The molecule has 2 heteroatoms. The van der Waals surface area contributed by atoms with E-state index in [9.17, 15) is 10.2 Å². The van der Waals surface area contributed by atoms with Gasteiger partial charge < -0.3 is 0 Å². The standard InChI is InChI=1S/C38H46O2/c1-35(2,3)29-19-27(20-30(33(29)39)36(4,5)6)25-15-13-24-18-26(16-14-23(24)17-25)28-21-31(37(7,8)9)34(40)32(22-28)38(10,11)12/h13-22H,1-12H3. The molecule has 0 aliphatic heterocycles. The number of fused-ring (bicyclic) bond motifs is 1. The minimum Gasteiger partial charge on any atom is -0.289 e. The Morgan fingerprint density at radius 1 is 0.350 bits per heavy atom. The molecule has 0 N–H and O–H groups in total. The summed E-state index contributed by atoms with van der Waals surface area (Å²) < 4.78 is 0. The summed E-state index contributed by atoms with van der Waals surface area (Å²) >= 11 is 0. The predicted molar refractivity (Wildman–Crippen MR) is 170 cm³/mol. The van der Waals surface area contributed by atoms with E-state index >= 15 is 0 Å². The molecule has 4 aromatic carbocycles. The Balaban J connectivity index is 1.86. The van der Waals surface area contributed by atoms with Crippen LogP contribution < -0.4 is 0 Å². The van der Waals surface area contributed by atoms with Crippen molar-refractivity contribution < 1.29 is 10.2 Å². The van der Waals surface area contributed by atoms with E-state index in [0.29, 0.717) is 0 Å². The third-order valence-corrected chi connectivity index (χ3v) is 7.92. The monoisotopic (exact) mass is 534 g/mol. The van der Waals surface area contributed by atoms with E-state index in [2.05, 4.69) is 144 Å². The van der Waals surface area contributed by atoms with E-state index in [1.807, 2.05) is 0 Å². The Morgan fingerprint density at radius 3 is 0.825 bits per heavy atom. The summed E-state index contributed by atoms with van der Waals surface area (Å²) in [5.41, 5.74) is 6.85. The molecule has 0 saturated carbocycles. The van der Waals surface area contributed by atoms with Gasteiger partial charge in [0.25, 0.3) is 0 Å². The maximum Gasteiger partial charge on any atom is 0.186 e. The highest BCUT2D eigenvalue weighted by atomic mass is 16.3. The molecule has 4 aromatic rings. The SMILES string of the molecule is CC(C)(C)c1cc(-c2ccc3cc(-c4cc(C(C)(C)C)c([O])c(C(C)(C)C)c4)ccc3c2)cc(C(C)(C)C)c1[O]. The van der Waals surface area contributed by atoms with Gasteiger partial charge in [0, 0.05) is 22.3 Å². The number of rotatable bonds is 2. The molecule has 0 unspecified atom stereocenters. The highest BCUT2D eigenvalue weighted by Crippen LogP contribution is 2.44. The summed E-state index contributed by atoms with van der Waals surface area (Å²) in [5, 5.41) is 29.1. The Hall–Kier alpha value is -3.26. The summed E-state index contributed by atoms with van der Waals surface area (Å²) in [6, 6.07) is 21.4. The first-order valence-corrected chi connectivity index (χ1v) is 14.4. The molecule has 0 bridgehead atoms. The Bertz CT molecular complexity index is 1380. The van der Waals surface area contributed by atoms with Crippen molar-refractivity contribution >= 4 is 10.8 Å². The van der Waals surface area contributed by atoms with E-state index in [4.69, 9.17) is 0 Å². The first-order valence-electron chi connectivity index (χ1n) is 14.4. The highest BCUT2D eigenvalue weighted by molar-refractivity contribution is 5.91. The minimum atomic E-state index is -0.240. The molecule has 0 aliphatic rings. The van der Waals surface area contributed by atoms with Gasteiger partial charge in [-0.15, -0.1) is 0 Å². The zero-order chi connectivity index (χ0) is 30.0. The Morgan fingerprint density at radius 2 is 0.600 bits per heavy atom. The zero-order valence-corrected chi connectivity index (χ0v) is 26.6. The predicted octanol–water partition coefficient (Wildman–Crippen LogP) is 11.7. The van der Waals surface area contributed by atoms with Crippen molar-refractivity contribution in [2.24, 2.45) is 0 Å². The van der Waals surface area contributed by atoms with Crippen LogP contribution in [0.4, 0.5) is 0 Å². The van der Waals surface area contributed by atoms with Crippen LogP contribution in [0.1, 0.15) is 105 Å². The zero-order valence-electron chi connectivity index (χ0n) is 26.6. The highest BCUT2D eigenvalue weighted by Gasteiger charge is 2.29.